The van der Waals surface area contributed by atoms with E-state index in [-0.39, 0.29) is 18.0 Å². The Morgan fingerprint density at radius 1 is 0.917 bits per heavy atom. The maximum absolute atomic E-state index is 12.8. The number of carbonyl (C=O) groups excluding carboxylic acids is 1. The van der Waals surface area contributed by atoms with Crippen molar-refractivity contribution in [2.24, 2.45) is 0 Å². The summed E-state index contributed by atoms with van der Waals surface area (Å²) >= 11 is 0. The van der Waals surface area contributed by atoms with Gasteiger partial charge in [0.1, 0.15) is 5.82 Å². The number of aromatic amines is 1. The molecule has 3 aromatic carbocycles. The van der Waals surface area contributed by atoms with Crippen LogP contribution in [-0.4, -0.2) is 41.2 Å². The summed E-state index contributed by atoms with van der Waals surface area (Å²) in [6.45, 7) is 2.27. The van der Waals surface area contributed by atoms with Crippen molar-refractivity contribution in [1.29, 1.82) is 0 Å². The zero-order chi connectivity index (χ0) is 24.7. The van der Waals surface area contributed by atoms with E-state index in [0.717, 1.165) is 27.8 Å². The van der Waals surface area contributed by atoms with Crippen LogP contribution in [0, 0.1) is 11.8 Å². The molecule has 36 heavy (non-hydrogen) atoms. The predicted octanol–water partition coefficient (Wildman–Crippen LogP) is 4.16. The van der Waals surface area contributed by atoms with Gasteiger partial charge in [0.25, 0.3) is 0 Å². The molecule has 0 atom stereocenters. The predicted molar refractivity (Wildman–Crippen MR) is 136 cm³/mol. The van der Waals surface area contributed by atoms with Gasteiger partial charge in [-0.15, -0.1) is 21.2 Å². The fourth-order valence-electron chi connectivity index (χ4n) is 3.95. The van der Waals surface area contributed by atoms with Gasteiger partial charge in [0.15, 0.2) is 0 Å². The van der Waals surface area contributed by atoms with Crippen LogP contribution >= 0.6 is 0 Å². The molecule has 176 valence electrons. The van der Waals surface area contributed by atoms with Gasteiger partial charge in [0.05, 0.1) is 13.0 Å². The summed E-state index contributed by atoms with van der Waals surface area (Å²) in [6, 6.07) is 25.8. The molecule has 8 heteroatoms. The molecule has 5 aromatic rings. The number of carbonyl (C=O) groups is 1. The number of benzene rings is 3. The van der Waals surface area contributed by atoms with Crippen molar-refractivity contribution >= 4 is 5.78 Å². The Morgan fingerprint density at radius 3 is 2.39 bits per heavy atom. The van der Waals surface area contributed by atoms with Crippen molar-refractivity contribution in [2.45, 2.75) is 26.3 Å². The van der Waals surface area contributed by atoms with Gasteiger partial charge in [-0.1, -0.05) is 84.8 Å². The molecule has 0 radical (unpaired) electrons. The first-order valence-electron chi connectivity index (χ1n) is 11.5. The topological polar surface area (TPSA) is 102 Å². The molecular formula is C28H23N7O. The number of H-pyrrole nitrogens is 1. The maximum Gasteiger partial charge on any atom is 0.217 e. The maximum atomic E-state index is 12.8. The number of hydrogen-bond donors (Lipinski definition) is 1. The Balaban J connectivity index is 1.38. The number of ketones is 1. The number of nitrogens with one attached hydrogen (secondary N) is 1. The van der Waals surface area contributed by atoms with Crippen LogP contribution in [0.15, 0.2) is 78.9 Å². The number of nitrogens with zero attached hydrogens (tertiary/aromatic N) is 6. The second kappa shape index (κ2) is 10.6. The van der Waals surface area contributed by atoms with E-state index in [1.807, 2.05) is 66.7 Å². The molecule has 0 aliphatic heterocycles. The molecule has 1 N–H and O–H groups in total. The molecule has 0 aliphatic rings. The Bertz CT molecular complexity index is 1530. The fraction of sp³-hybridized carbons (Fsp3) is 0.143. The van der Waals surface area contributed by atoms with E-state index in [1.54, 1.807) is 11.6 Å². The number of hydrogen-bond acceptors (Lipinski definition) is 6. The van der Waals surface area contributed by atoms with Crippen molar-refractivity contribution < 1.29 is 4.79 Å². The zero-order valence-corrected chi connectivity index (χ0v) is 19.7. The molecule has 0 saturated heterocycles. The monoisotopic (exact) mass is 473 g/mol. The molecule has 2 heterocycles. The highest BCUT2D eigenvalue weighted by Gasteiger charge is 2.17. The lowest BCUT2D eigenvalue weighted by Crippen LogP contribution is -2.08. The number of Topliss-reactive ketones (excluding diaryl/α,β-unsaturated/α-hetero) is 1. The Hall–Kier alpha value is -4.90. The number of tetrazole rings is 1. The van der Waals surface area contributed by atoms with Crippen LogP contribution in [-0.2, 0) is 19.4 Å². The summed E-state index contributed by atoms with van der Waals surface area (Å²) in [5.74, 6) is 7.26. The van der Waals surface area contributed by atoms with Crippen LogP contribution in [0.4, 0.5) is 0 Å². The lowest BCUT2D eigenvalue weighted by Gasteiger charge is -2.09. The van der Waals surface area contributed by atoms with Crippen LogP contribution in [0.25, 0.3) is 22.5 Å². The van der Waals surface area contributed by atoms with Gasteiger partial charge in [-0.3, -0.25) is 4.79 Å². The van der Waals surface area contributed by atoms with Crippen LogP contribution < -0.4 is 0 Å². The molecule has 0 unspecified atom stereocenters. The summed E-state index contributed by atoms with van der Waals surface area (Å²) in [5.41, 5.74) is 4.92. The van der Waals surface area contributed by atoms with Gasteiger partial charge in [-0.05, 0) is 34.4 Å². The summed E-state index contributed by atoms with van der Waals surface area (Å²) in [4.78, 5) is 17.4. The van der Waals surface area contributed by atoms with Gasteiger partial charge < -0.3 is 0 Å². The van der Waals surface area contributed by atoms with E-state index in [4.69, 9.17) is 0 Å². The molecule has 5 rings (SSSR count). The molecule has 2 aromatic heterocycles. The van der Waals surface area contributed by atoms with Crippen LogP contribution in [0.3, 0.4) is 0 Å². The van der Waals surface area contributed by atoms with E-state index in [1.165, 1.54) is 0 Å². The minimum atomic E-state index is -0.112. The second-order valence-electron chi connectivity index (χ2n) is 8.18. The normalized spacial score (nSPS) is 10.6. The zero-order valence-electron chi connectivity index (χ0n) is 19.7. The van der Waals surface area contributed by atoms with Gasteiger partial charge in [-0.2, -0.15) is 5.21 Å². The average Bonchev–Trinajstić information content (AvgIpc) is 3.59. The molecule has 0 aliphatic carbocycles. The molecule has 0 amide bonds. The first-order chi connectivity index (χ1) is 17.7. The Kier molecular flexibility index (Phi) is 6.72. The molecule has 0 fully saturated rings. The SMILES string of the molecule is CC#CCc1nc(C(=O)Cc2ccccc2)nn1Cc1ccc(-c2ccccc2-c2nn[nH]n2)cc1. The van der Waals surface area contributed by atoms with E-state index in [0.29, 0.717) is 24.6 Å². The number of rotatable bonds is 8. The number of aromatic nitrogens is 7. The largest absolute Gasteiger partial charge is 0.290 e. The molecular weight excluding hydrogens is 450 g/mol. The quantitative estimate of drug-likeness (QED) is 0.268. The highest BCUT2D eigenvalue weighted by molar-refractivity contribution is 5.94. The van der Waals surface area contributed by atoms with Crippen molar-refractivity contribution in [1.82, 2.24) is 35.4 Å². The van der Waals surface area contributed by atoms with E-state index in [9.17, 15) is 4.79 Å². The van der Waals surface area contributed by atoms with E-state index >= 15 is 0 Å². The van der Waals surface area contributed by atoms with Crippen molar-refractivity contribution in [3.63, 3.8) is 0 Å². The fourth-order valence-corrected chi connectivity index (χ4v) is 3.95. The third kappa shape index (κ3) is 5.10. The summed E-state index contributed by atoms with van der Waals surface area (Å²) < 4.78 is 1.77. The third-order valence-corrected chi connectivity index (χ3v) is 5.74. The summed E-state index contributed by atoms with van der Waals surface area (Å²) in [7, 11) is 0. The van der Waals surface area contributed by atoms with Crippen LogP contribution in [0.2, 0.25) is 0 Å². The van der Waals surface area contributed by atoms with Crippen molar-refractivity contribution in [3.8, 4) is 34.4 Å². The third-order valence-electron chi connectivity index (χ3n) is 5.74. The van der Waals surface area contributed by atoms with E-state index in [2.05, 4.69) is 54.7 Å². The molecule has 8 nitrogen and oxygen atoms in total. The first-order valence-corrected chi connectivity index (χ1v) is 11.5. The minimum Gasteiger partial charge on any atom is -0.290 e. The van der Waals surface area contributed by atoms with Crippen LogP contribution in [0.5, 0.6) is 0 Å². The second-order valence-corrected chi connectivity index (χ2v) is 8.18. The van der Waals surface area contributed by atoms with Crippen molar-refractivity contribution in [3.05, 3.63) is 102 Å². The van der Waals surface area contributed by atoms with Gasteiger partial charge >= 0.3 is 0 Å². The van der Waals surface area contributed by atoms with Crippen molar-refractivity contribution in [2.75, 3.05) is 0 Å². The molecule has 0 bridgehead atoms. The highest BCUT2D eigenvalue weighted by Crippen LogP contribution is 2.29. The lowest BCUT2D eigenvalue weighted by atomic mass is 9.98. The highest BCUT2D eigenvalue weighted by atomic mass is 16.1. The summed E-state index contributed by atoms with van der Waals surface area (Å²) in [6.07, 6.45) is 0.691. The smallest absolute Gasteiger partial charge is 0.217 e. The lowest BCUT2D eigenvalue weighted by molar-refractivity contribution is 0.0983. The van der Waals surface area contributed by atoms with Gasteiger partial charge in [-0.25, -0.2) is 9.67 Å². The standard InChI is InChI=1S/C28H23N7O/c1-2-3-13-26-29-28(25(36)18-20-9-5-4-6-10-20)32-35(26)19-21-14-16-22(17-15-21)23-11-7-8-12-24(23)27-30-33-34-31-27/h4-12,14-17H,13,18-19H2,1H3,(H,30,31,33,34). The molecule has 0 spiro atoms. The van der Waals surface area contributed by atoms with Gasteiger partial charge in [0.2, 0.25) is 17.4 Å². The van der Waals surface area contributed by atoms with Crippen LogP contribution in [0.1, 0.15) is 34.5 Å². The Morgan fingerprint density at radius 2 is 1.67 bits per heavy atom. The average molecular weight is 474 g/mol. The minimum absolute atomic E-state index is 0.112. The van der Waals surface area contributed by atoms with E-state index < -0.39 is 0 Å². The van der Waals surface area contributed by atoms with Gasteiger partial charge in [0, 0.05) is 12.0 Å². The Labute approximate surface area is 208 Å². The first kappa shape index (κ1) is 22.9. The molecule has 0 saturated carbocycles. The summed E-state index contributed by atoms with van der Waals surface area (Å²) in [5, 5.41) is 19.0.